The Balaban J connectivity index is 2.22. The topological polar surface area (TPSA) is 65.8 Å². The molecule has 114 valence electrons. The average Bonchev–Trinajstić information content (AvgIpc) is 2.52. The third-order valence-electron chi connectivity index (χ3n) is 3.49. The number of nitriles is 1. The molecule has 0 aliphatic rings. The van der Waals surface area contributed by atoms with Gasteiger partial charge >= 0.3 is 0 Å². The van der Waals surface area contributed by atoms with E-state index in [0.29, 0.717) is 10.6 Å². The quantitative estimate of drug-likeness (QED) is 0.859. The van der Waals surface area contributed by atoms with Gasteiger partial charge in [0.25, 0.3) is 0 Å². The number of hydrogen-bond donors (Lipinski definition) is 1. The highest BCUT2D eigenvalue weighted by Crippen LogP contribution is 2.26. The van der Waals surface area contributed by atoms with Gasteiger partial charge < -0.3 is 5.32 Å². The lowest BCUT2D eigenvalue weighted by Gasteiger charge is -2.11. The first-order chi connectivity index (χ1) is 10.5. The summed E-state index contributed by atoms with van der Waals surface area (Å²) in [4.78, 5) is 16.5. The number of pyridine rings is 1. The van der Waals surface area contributed by atoms with Crippen molar-refractivity contribution >= 4 is 28.6 Å². The molecular formula is C17H19N3OS. The first-order valence-corrected chi connectivity index (χ1v) is 8.26. The second kappa shape index (κ2) is 7.28. The van der Waals surface area contributed by atoms with Crippen molar-refractivity contribution in [1.82, 2.24) is 10.3 Å². The van der Waals surface area contributed by atoms with Gasteiger partial charge in [0.05, 0.1) is 16.8 Å². The van der Waals surface area contributed by atoms with Crippen LogP contribution in [0.4, 0.5) is 0 Å². The Hall–Kier alpha value is -2.06. The maximum atomic E-state index is 11.9. The monoisotopic (exact) mass is 313 g/mol. The minimum Gasteiger partial charge on any atom is -0.353 e. The van der Waals surface area contributed by atoms with Crippen LogP contribution < -0.4 is 5.32 Å². The van der Waals surface area contributed by atoms with Crippen LogP contribution in [0.25, 0.3) is 10.9 Å². The van der Waals surface area contributed by atoms with E-state index in [4.69, 9.17) is 0 Å². The van der Waals surface area contributed by atoms with Gasteiger partial charge in [-0.3, -0.25) is 4.79 Å². The Labute approximate surface area is 134 Å². The summed E-state index contributed by atoms with van der Waals surface area (Å²) < 4.78 is 0. The number of fused-ring (bicyclic) bond motifs is 1. The highest BCUT2D eigenvalue weighted by Gasteiger charge is 2.12. The minimum atomic E-state index is -0.0325. The van der Waals surface area contributed by atoms with Crippen LogP contribution in [0, 0.1) is 18.3 Å². The summed E-state index contributed by atoms with van der Waals surface area (Å²) in [6.45, 7) is 5.99. The largest absolute Gasteiger partial charge is 0.353 e. The highest BCUT2D eigenvalue weighted by atomic mass is 32.2. The number of nitrogens with zero attached hydrogens (tertiary/aromatic N) is 2. The number of para-hydroxylation sites is 1. The fourth-order valence-electron chi connectivity index (χ4n) is 2.07. The highest BCUT2D eigenvalue weighted by molar-refractivity contribution is 8.00. The standard InChI is InChI=1S/C17H19N3OS/c1-4-12(3)19-15(21)10-22-17-14(9-18)8-13-7-5-6-11(2)16(13)20-17/h5-8,12H,4,10H2,1-3H3,(H,19,21). The Kier molecular flexibility index (Phi) is 5.40. The molecule has 1 aromatic heterocycles. The molecule has 0 fully saturated rings. The molecule has 5 heteroatoms. The summed E-state index contributed by atoms with van der Waals surface area (Å²) >= 11 is 1.31. The normalized spacial score (nSPS) is 11.9. The van der Waals surface area contributed by atoms with Gasteiger partial charge in [-0.1, -0.05) is 36.9 Å². The smallest absolute Gasteiger partial charge is 0.230 e. The Morgan fingerprint density at radius 1 is 1.50 bits per heavy atom. The summed E-state index contributed by atoms with van der Waals surface area (Å²) in [5.74, 6) is 0.235. The Morgan fingerprint density at radius 3 is 2.95 bits per heavy atom. The molecule has 2 aromatic rings. The molecule has 2 rings (SSSR count). The predicted molar refractivity (Wildman–Crippen MR) is 89.8 cm³/mol. The van der Waals surface area contributed by atoms with Crippen molar-refractivity contribution in [2.24, 2.45) is 0 Å². The molecule has 0 radical (unpaired) electrons. The number of hydrogen-bond acceptors (Lipinski definition) is 4. The molecule has 0 bridgehead atoms. The van der Waals surface area contributed by atoms with Crippen molar-refractivity contribution in [1.29, 1.82) is 5.26 Å². The molecule has 1 heterocycles. The molecule has 0 saturated carbocycles. The molecule has 0 aliphatic heterocycles. The molecule has 1 unspecified atom stereocenters. The Bertz CT molecular complexity index is 736. The number of aryl methyl sites for hydroxylation is 1. The molecule has 1 aromatic carbocycles. The zero-order valence-corrected chi connectivity index (χ0v) is 13.8. The minimum absolute atomic E-state index is 0.0325. The summed E-state index contributed by atoms with van der Waals surface area (Å²) in [7, 11) is 0. The van der Waals surface area contributed by atoms with Crippen LogP contribution in [0.5, 0.6) is 0 Å². The van der Waals surface area contributed by atoms with Crippen LogP contribution in [0.3, 0.4) is 0 Å². The van der Waals surface area contributed by atoms with Crippen LogP contribution in [0.1, 0.15) is 31.4 Å². The van der Waals surface area contributed by atoms with Gasteiger partial charge in [-0.05, 0) is 31.9 Å². The van der Waals surface area contributed by atoms with Gasteiger partial charge in [0.15, 0.2) is 0 Å². The van der Waals surface area contributed by atoms with Crippen molar-refractivity contribution in [3.8, 4) is 6.07 Å². The number of benzene rings is 1. The lowest BCUT2D eigenvalue weighted by molar-refractivity contribution is -0.119. The van der Waals surface area contributed by atoms with E-state index in [-0.39, 0.29) is 17.7 Å². The number of carbonyl (C=O) groups excluding carboxylic acids is 1. The van der Waals surface area contributed by atoms with Gasteiger partial charge in [0.1, 0.15) is 11.1 Å². The van der Waals surface area contributed by atoms with Gasteiger partial charge in [0.2, 0.25) is 5.91 Å². The third kappa shape index (κ3) is 3.77. The molecule has 4 nitrogen and oxygen atoms in total. The van der Waals surface area contributed by atoms with Gasteiger partial charge in [-0.2, -0.15) is 5.26 Å². The first kappa shape index (κ1) is 16.3. The fraction of sp³-hybridized carbons (Fsp3) is 0.353. The van der Waals surface area contributed by atoms with Crippen molar-refractivity contribution < 1.29 is 4.79 Å². The summed E-state index contributed by atoms with van der Waals surface area (Å²) in [6, 6.07) is 10.1. The van der Waals surface area contributed by atoms with Crippen molar-refractivity contribution in [2.45, 2.75) is 38.3 Å². The lowest BCUT2D eigenvalue weighted by atomic mass is 10.1. The summed E-state index contributed by atoms with van der Waals surface area (Å²) in [5.41, 5.74) is 2.46. The average molecular weight is 313 g/mol. The number of rotatable bonds is 5. The molecule has 1 N–H and O–H groups in total. The van der Waals surface area contributed by atoms with Gasteiger partial charge in [-0.15, -0.1) is 0 Å². The molecule has 22 heavy (non-hydrogen) atoms. The zero-order chi connectivity index (χ0) is 16.1. The first-order valence-electron chi connectivity index (χ1n) is 7.27. The van der Waals surface area contributed by atoms with Crippen LogP contribution >= 0.6 is 11.8 Å². The Morgan fingerprint density at radius 2 is 2.27 bits per heavy atom. The van der Waals surface area contributed by atoms with Crippen molar-refractivity contribution in [2.75, 3.05) is 5.75 Å². The van der Waals surface area contributed by atoms with E-state index in [1.165, 1.54) is 11.8 Å². The van der Waals surface area contributed by atoms with Crippen LogP contribution in [0.15, 0.2) is 29.3 Å². The molecule has 0 spiro atoms. The van der Waals surface area contributed by atoms with E-state index in [0.717, 1.165) is 22.9 Å². The van der Waals surface area contributed by atoms with E-state index >= 15 is 0 Å². The lowest BCUT2D eigenvalue weighted by Crippen LogP contribution is -2.33. The zero-order valence-electron chi connectivity index (χ0n) is 13.0. The number of carbonyl (C=O) groups is 1. The summed E-state index contributed by atoms with van der Waals surface area (Å²) in [6.07, 6.45) is 0.896. The molecular weight excluding hydrogens is 294 g/mol. The SMILES string of the molecule is CCC(C)NC(=O)CSc1nc2c(C)cccc2cc1C#N. The van der Waals surface area contributed by atoms with E-state index in [1.807, 2.05) is 45.0 Å². The molecule has 0 saturated heterocycles. The van der Waals surface area contributed by atoms with Crippen molar-refractivity contribution in [3.05, 3.63) is 35.4 Å². The van der Waals surface area contributed by atoms with Crippen LogP contribution in [-0.2, 0) is 4.79 Å². The van der Waals surface area contributed by atoms with E-state index in [1.54, 1.807) is 0 Å². The molecule has 1 amide bonds. The maximum Gasteiger partial charge on any atom is 0.230 e. The van der Waals surface area contributed by atoms with E-state index in [9.17, 15) is 10.1 Å². The predicted octanol–water partition coefficient (Wildman–Crippen LogP) is 3.42. The molecule has 0 aliphatic carbocycles. The summed E-state index contributed by atoms with van der Waals surface area (Å²) in [5, 5.41) is 13.8. The second-order valence-corrected chi connectivity index (χ2v) is 6.23. The van der Waals surface area contributed by atoms with Crippen LogP contribution in [0.2, 0.25) is 0 Å². The maximum absolute atomic E-state index is 11.9. The van der Waals surface area contributed by atoms with E-state index < -0.39 is 0 Å². The second-order valence-electron chi connectivity index (χ2n) is 5.27. The number of nitrogens with one attached hydrogen (secondary N) is 1. The fourth-order valence-corrected chi connectivity index (χ4v) is 2.84. The number of aromatic nitrogens is 1. The molecule has 1 atom stereocenters. The third-order valence-corrected chi connectivity index (χ3v) is 4.48. The number of amides is 1. The van der Waals surface area contributed by atoms with E-state index in [2.05, 4.69) is 16.4 Å². The van der Waals surface area contributed by atoms with Crippen LogP contribution in [-0.4, -0.2) is 22.7 Å². The van der Waals surface area contributed by atoms with Crippen molar-refractivity contribution in [3.63, 3.8) is 0 Å². The van der Waals surface area contributed by atoms with Gasteiger partial charge in [0, 0.05) is 11.4 Å². The number of thioether (sulfide) groups is 1. The van der Waals surface area contributed by atoms with Gasteiger partial charge in [-0.25, -0.2) is 4.98 Å².